The van der Waals surface area contributed by atoms with Crippen molar-refractivity contribution in [2.45, 2.75) is 26.2 Å². The van der Waals surface area contributed by atoms with Crippen molar-refractivity contribution in [3.05, 3.63) is 29.8 Å². The van der Waals surface area contributed by atoms with Crippen LogP contribution >= 0.6 is 0 Å². The van der Waals surface area contributed by atoms with Crippen molar-refractivity contribution in [2.24, 2.45) is 34.3 Å². The minimum absolute atomic E-state index is 0.143. The molecule has 1 aromatic carbocycles. The van der Waals surface area contributed by atoms with Crippen LogP contribution in [0, 0.1) is 39.9 Å². The Morgan fingerprint density at radius 2 is 2.19 bits per heavy atom. The molecule has 6 nitrogen and oxygen atoms in total. The smallest absolute Gasteiger partial charge is 0.310 e. The fraction of sp³-hybridized carbons (Fsp3) is 0.550. The topological polar surface area (TPSA) is 113 Å². The van der Waals surface area contributed by atoms with Crippen LogP contribution in [0.25, 0.3) is 0 Å². The first-order valence-corrected chi connectivity index (χ1v) is 8.93. The zero-order valence-corrected chi connectivity index (χ0v) is 15.1. The molecule has 0 saturated heterocycles. The van der Waals surface area contributed by atoms with Crippen LogP contribution in [0.1, 0.15) is 25.3 Å². The van der Waals surface area contributed by atoms with Gasteiger partial charge in [0.1, 0.15) is 11.2 Å². The quantitative estimate of drug-likeness (QED) is 0.773. The van der Waals surface area contributed by atoms with Crippen LogP contribution in [0.5, 0.6) is 5.75 Å². The summed E-state index contributed by atoms with van der Waals surface area (Å²) in [7, 11) is 1.59. The van der Waals surface area contributed by atoms with Crippen LogP contribution in [-0.2, 0) is 16.0 Å². The van der Waals surface area contributed by atoms with Gasteiger partial charge in [0.2, 0.25) is 0 Å². The highest BCUT2D eigenvalue weighted by Gasteiger charge is 2.82. The molecule has 0 radical (unpaired) electrons. The summed E-state index contributed by atoms with van der Waals surface area (Å²) in [6.07, 6.45) is 1.51. The summed E-state index contributed by atoms with van der Waals surface area (Å²) in [5.41, 5.74) is 4.31. The third-order valence-electron chi connectivity index (χ3n) is 6.61. The van der Waals surface area contributed by atoms with E-state index < -0.39 is 22.7 Å². The van der Waals surface area contributed by atoms with Crippen LogP contribution in [-0.4, -0.2) is 30.5 Å². The van der Waals surface area contributed by atoms with E-state index in [1.54, 1.807) is 7.11 Å². The molecule has 3 N–H and O–H groups in total. The number of carboxylic acids is 1. The largest absolute Gasteiger partial charge is 0.497 e. The molecule has 0 spiro atoms. The Hall–Kier alpha value is -2.39. The van der Waals surface area contributed by atoms with Crippen LogP contribution < -0.4 is 10.5 Å². The number of fused-ring (bicyclic) bond motifs is 1. The number of nitrogens with zero attached hydrogens (tertiary/aromatic N) is 1. The molecule has 2 aliphatic rings. The van der Waals surface area contributed by atoms with Gasteiger partial charge >= 0.3 is 5.97 Å². The maximum atomic E-state index is 12.8. The molecule has 0 bridgehead atoms. The number of hydrogen-bond donors (Lipinski definition) is 2. The summed E-state index contributed by atoms with van der Waals surface area (Å²) in [5, 5.41) is 19.8. The van der Waals surface area contributed by atoms with Gasteiger partial charge in [-0.25, -0.2) is 0 Å². The molecule has 5 atom stereocenters. The fourth-order valence-electron chi connectivity index (χ4n) is 5.38. The molecule has 26 heavy (non-hydrogen) atoms. The predicted molar refractivity (Wildman–Crippen MR) is 94.3 cm³/mol. The number of carbonyl (C=O) groups is 2. The standard InChI is InChI=1S/C20H24N2O4/c1-3-19(18(24)25)15-9-13(7-12-5-4-6-14(8-12)26-2)20(11-22,17(15)19)16(23)10-21/h4-6,8,13,15,17H,3,7,9-10,21H2,1-2H3,(H,24,25). The Morgan fingerprint density at radius 3 is 2.73 bits per heavy atom. The average Bonchev–Trinajstić information content (AvgIpc) is 3.19. The van der Waals surface area contributed by atoms with Crippen molar-refractivity contribution in [3.63, 3.8) is 0 Å². The number of carbonyl (C=O) groups excluding carboxylic acids is 1. The van der Waals surface area contributed by atoms with Crippen LogP contribution in [0.2, 0.25) is 0 Å². The number of hydrogen-bond acceptors (Lipinski definition) is 5. The Kier molecular flexibility index (Phi) is 4.53. The van der Waals surface area contributed by atoms with Crippen molar-refractivity contribution in [1.29, 1.82) is 5.26 Å². The summed E-state index contributed by atoms with van der Waals surface area (Å²) in [4.78, 5) is 24.7. The first-order valence-electron chi connectivity index (χ1n) is 8.93. The highest BCUT2D eigenvalue weighted by molar-refractivity contribution is 5.94. The van der Waals surface area contributed by atoms with E-state index in [4.69, 9.17) is 10.5 Å². The molecule has 3 rings (SSSR count). The second-order valence-electron chi connectivity index (χ2n) is 7.38. The molecule has 2 aliphatic carbocycles. The number of nitrogens with two attached hydrogens (primary N) is 1. The minimum Gasteiger partial charge on any atom is -0.497 e. The SMILES string of the molecule is CCC1(C(=O)O)C2CC(Cc3cccc(OC)c3)C(C#N)(C(=O)CN)C21. The lowest BCUT2D eigenvalue weighted by atomic mass is 9.65. The lowest BCUT2D eigenvalue weighted by molar-refractivity contribution is -0.146. The van der Waals surface area contributed by atoms with E-state index in [0.29, 0.717) is 25.0 Å². The number of methoxy groups -OCH3 is 1. The molecule has 1 aromatic rings. The third kappa shape index (κ3) is 2.27. The van der Waals surface area contributed by atoms with Gasteiger partial charge in [0.05, 0.1) is 25.1 Å². The number of aliphatic carboxylic acids is 1. The Bertz CT molecular complexity index is 786. The van der Waals surface area contributed by atoms with E-state index in [0.717, 1.165) is 5.56 Å². The molecule has 0 heterocycles. The summed E-state index contributed by atoms with van der Waals surface area (Å²) < 4.78 is 5.25. The second-order valence-corrected chi connectivity index (χ2v) is 7.38. The Balaban J connectivity index is 1.98. The van der Waals surface area contributed by atoms with Crippen LogP contribution in [0.15, 0.2) is 24.3 Å². The number of nitriles is 1. The molecule has 0 aliphatic heterocycles. The monoisotopic (exact) mass is 356 g/mol. The molecule has 5 unspecified atom stereocenters. The number of carboxylic acid groups (broad SMARTS) is 1. The summed E-state index contributed by atoms with van der Waals surface area (Å²) in [6.45, 7) is 1.57. The van der Waals surface area contributed by atoms with Crippen LogP contribution in [0.4, 0.5) is 0 Å². The molecule has 138 valence electrons. The minimum atomic E-state index is -1.32. The summed E-state index contributed by atoms with van der Waals surface area (Å²) in [6, 6.07) is 9.78. The molecule has 6 heteroatoms. The summed E-state index contributed by atoms with van der Waals surface area (Å²) in [5.74, 6) is -1.35. The van der Waals surface area contributed by atoms with Gasteiger partial charge in [0, 0.05) is 5.92 Å². The normalized spacial score (nSPS) is 34.6. The van der Waals surface area contributed by atoms with E-state index in [9.17, 15) is 20.0 Å². The lowest BCUT2D eigenvalue weighted by Crippen LogP contribution is -2.45. The highest BCUT2D eigenvalue weighted by Crippen LogP contribution is 2.77. The van der Waals surface area contributed by atoms with Crippen LogP contribution in [0.3, 0.4) is 0 Å². The molecule has 2 saturated carbocycles. The Morgan fingerprint density at radius 1 is 1.46 bits per heavy atom. The number of benzene rings is 1. The predicted octanol–water partition coefficient (Wildman–Crippen LogP) is 2.02. The van der Waals surface area contributed by atoms with E-state index in [2.05, 4.69) is 6.07 Å². The van der Waals surface area contributed by atoms with Crippen molar-refractivity contribution in [1.82, 2.24) is 0 Å². The zero-order chi connectivity index (χ0) is 19.1. The van der Waals surface area contributed by atoms with Crippen molar-refractivity contribution in [3.8, 4) is 11.8 Å². The lowest BCUT2D eigenvalue weighted by Gasteiger charge is -2.33. The van der Waals surface area contributed by atoms with E-state index in [1.165, 1.54) is 0 Å². The van der Waals surface area contributed by atoms with Crippen molar-refractivity contribution >= 4 is 11.8 Å². The van der Waals surface area contributed by atoms with E-state index in [1.807, 2.05) is 31.2 Å². The number of ether oxygens (including phenoxy) is 1. The van der Waals surface area contributed by atoms with Gasteiger partial charge in [0.25, 0.3) is 0 Å². The third-order valence-corrected chi connectivity index (χ3v) is 6.61. The molecular formula is C20H24N2O4. The van der Waals surface area contributed by atoms with Gasteiger partial charge in [-0.05, 0) is 48.8 Å². The van der Waals surface area contributed by atoms with Crippen molar-refractivity contribution in [2.75, 3.05) is 13.7 Å². The average molecular weight is 356 g/mol. The molecular weight excluding hydrogens is 332 g/mol. The maximum absolute atomic E-state index is 12.8. The van der Waals surface area contributed by atoms with E-state index in [-0.39, 0.29) is 24.2 Å². The van der Waals surface area contributed by atoms with Gasteiger partial charge < -0.3 is 15.6 Å². The number of ketones is 1. The Labute approximate surface area is 152 Å². The molecule has 2 fully saturated rings. The van der Waals surface area contributed by atoms with Gasteiger partial charge in [-0.2, -0.15) is 5.26 Å². The summed E-state index contributed by atoms with van der Waals surface area (Å²) >= 11 is 0. The first kappa shape index (κ1) is 18.4. The van der Waals surface area contributed by atoms with Crippen molar-refractivity contribution < 1.29 is 19.4 Å². The van der Waals surface area contributed by atoms with Gasteiger partial charge in [-0.3, -0.25) is 9.59 Å². The maximum Gasteiger partial charge on any atom is 0.310 e. The fourth-order valence-corrected chi connectivity index (χ4v) is 5.38. The molecule has 0 aromatic heterocycles. The van der Waals surface area contributed by atoms with Gasteiger partial charge in [0.15, 0.2) is 5.78 Å². The van der Waals surface area contributed by atoms with Gasteiger partial charge in [-0.1, -0.05) is 19.1 Å². The van der Waals surface area contributed by atoms with Gasteiger partial charge in [-0.15, -0.1) is 0 Å². The zero-order valence-electron chi connectivity index (χ0n) is 15.1. The molecule has 0 amide bonds. The number of rotatable bonds is 7. The van der Waals surface area contributed by atoms with E-state index >= 15 is 0 Å². The first-order chi connectivity index (χ1) is 12.4. The second kappa shape index (κ2) is 6.40. The highest BCUT2D eigenvalue weighted by atomic mass is 16.5. The number of Topliss-reactive ketones (excluding diaryl/α,β-unsaturated/α-hetero) is 1.